The minimum atomic E-state index is -3.78. The number of rotatable bonds is 3. The number of para-hydroxylation sites is 2. The zero-order chi connectivity index (χ0) is 21.6. The highest BCUT2D eigenvalue weighted by molar-refractivity contribution is 7.89. The average Bonchev–Trinajstić information content (AvgIpc) is 2.77. The number of halogens is 1. The Labute approximate surface area is 186 Å². The molecule has 0 N–H and O–H groups in total. The van der Waals surface area contributed by atoms with Gasteiger partial charge in [-0.25, -0.2) is 18.4 Å². The van der Waals surface area contributed by atoms with E-state index in [0.717, 1.165) is 27.9 Å². The van der Waals surface area contributed by atoms with E-state index < -0.39 is 16.1 Å². The molecule has 7 heteroatoms. The first-order valence-corrected chi connectivity index (χ1v) is 11.8. The summed E-state index contributed by atoms with van der Waals surface area (Å²) in [6.07, 6.45) is 0.405. The van der Waals surface area contributed by atoms with Crippen LogP contribution in [-0.4, -0.2) is 22.7 Å². The van der Waals surface area contributed by atoms with Gasteiger partial charge in [-0.05, 0) is 42.8 Å². The zero-order valence-corrected chi connectivity index (χ0v) is 18.4. The number of nitrogens with zero attached hydrogens (tertiary/aromatic N) is 3. The van der Waals surface area contributed by atoms with Crippen LogP contribution in [0.3, 0.4) is 0 Å². The van der Waals surface area contributed by atoms with E-state index in [0.29, 0.717) is 17.1 Å². The van der Waals surface area contributed by atoms with Crippen molar-refractivity contribution in [3.8, 4) is 0 Å². The highest BCUT2D eigenvalue weighted by atomic mass is 35.5. The van der Waals surface area contributed by atoms with Crippen molar-refractivity contribution in [3.63, 3.8) is 0 Å². The Morgan fingerprint density at radius 2 is 1.48 bits per heavy atom. The Morgan fingerprint density at radius 1 is 0.871 bits per heavy atom. The van der Waals surface area contributed by atoms with Gasteiger partial charge in [0.15, 0.2) is 0 Å². The molecule has 0 bridgehead atoms. The predicted molar refractivity (Wildman–Crippen MR) is 121 cm³/mol. The van der Waals surface area contributed by atoms with E-state index in [9.17, 15) is 8.42 Å². The number of hydrogen-bond donors (Lipinski definition) is 0. The van der Waals surface area contributed by atoms with Crippen LogP contribution in [0, 0.1) is 6.92 Å². The van der Waals surface area contributed by atoms with Crippen LogP contribution < -0.4 is 0 Å². The molecule has 3 aromatic carbocycles. The molecule has 0 saturated carbocycles. The van der Waals surface area contributed by atoms with Gasteiger partial charge in [0.05, 0.1) is 39.9 Å². The van der Waals surface area contributed by atoms with E-state index in [2.05, 4.69) is 0 Å². The lowest BCUT2D eigenvalue weighted by molar-refractivity contribution is 0.289. The predicted octanol–water partition coefficient (Wildman–Crippen LogP) is 5.08. The minimum Gasteiger partial charge on any atom is -0.249 e. The van der Waals surface area contributed by atoms with Gasteiger partial charge in [0, 0.05) is 11.4 Å². The Bertz CT molecular complexity index is 1390. The molecule has 1 aliphatic rings. The number of sulfonamides is 1. The van der Waals surface area contributed by atoms with Gasteiger partial charge in [-0.1, -0.05) is 59.6 Å². The molecule has 1 atom stereocenters. The minimum absolute atomic E-state index is 0.138. The van der Waals surface area contributed by atoms with Crippen molar-refractivity contribution in [1.82, 2.24) is 14.3 Å². The third-order valence-electron chi connectivity index (χ3n) is 5.66. The molecule has 2 heterocycles. The smallest absolute Gasteiger partial charge is 0.244 e. The number of benzene rings is 3. The topological polar surface area (TPSA) is 63.2 Å². The van der Waals surface area contributed by atoms with E-state index >= 15 is 0 Å². The second kappa shape index (κ2) is 7.71. The molecule has 0 amide bonds. The highest BCUT2D eigenvalue weighted by Gasteiger charge is 2.38. The summed E-state index contributed by atoms with van der Waals surface area (Å²) in [5, 5.41) is 0.536. The molecule has 31 heavy (non-hydrogen) atoms. The van der Waals surface area contributed by atoms with Crippen molar-refractivity contribution in [2.24, 2.45) is 0 Å². The second-order valence-electron chi connectivity index (χ2n) is 7.71. The summed E-state index contributed by atoms with van der Waals surface area (Å²) >= 11 is 6.50. The van der Waals surface area contributed by atoms with Gasteiger partial charge in [0.25, 0.3) is 0 Å². The second-order valence-corrected chi connectivity index (χ2v) is 10.0. The highest BCUT2D eigenvalue weighted by Crippen LogP contribution is 2.39. The van der Waals surface area contributed by atoms with E-state index in [1.807, 2.05) is 61.5 Å². The van der Waals surface area contributed by atoms with Gasteiger partial charge in [0.2, 0.25) is 10.0 Å². The summed E-state index contributed by atoms with van der Waals surface area (Å²) in [6, 6.07) is 21.5. The summed E-state index contributed by atoms with van der Waals surface area (Å²) in [4.78, 5) is 9.79. The monoisotopic (exact) mass is 449 g/mol. The summed E-state index contributed by atoms with van der Waals surface area (Å²) in [5.41, 5.74) is 4.80. The van der Waals surface area contributed by atoms with E-state index in [1.54, 1.807) is 18.2 Å². The lowest BCUT2D eigenvalue weighted by Crippen LogP contribution is -2.39. The largest absolute Gasteiger partial charge is 0.249 e. The Kier molecular flexibility index (Phi) is 5.01. The maximum atomic E-state index is 13.7. The summed E-state index contributed by atoms with van der Waals surface area (Å²) in [5.74, 6) is 0. The van der Waals surface area contributed by atoms with E-state index in [1.165, 1.54) is 4.31 Å². The van der Waals surface area contributed by atoms with Crippen LogP contribution in [0.2, 0.25) is 5.02 Å². The molecule has 4 aromatic rings. The SMILES string of the molecule is Cc1ccc(S(=O)(=O)N2Cc3nc4ccccc4nc3CC2c2ccccc2Cl)cc1. The quantitative estimate of drug-likeness (QED) is 0.437. The molecule has 1 aliphatic heterocycles. The van der Waals surface area contributed by atoms with Crippen molar-refractivity contribution in [2.45, 2.75) is 30.8 Å². The van der Waals surface area contributed by atoms with Crippen LogP contribution in [0.15, 0.2) is 77.7 Å². The van der Waals surface area contributed by atoms with E-state index in [4.69, 9.17) is 21.6 Å². The number of aryl methyl sites for hydroxylation is 1. The molecular weight excluding hydrogens is 430 g/mol. The van der Waals surface area contributed by atoms with E-state index in [-0.39, 0.29) is 11.4 Å². The van der Waals surface area contributed by atoms with Gasteiger partial charge < -0.3 is 0 Å². The van der Waals surface area contributed by atoms with Crippen LogP contribution in [0.1, 0.15) is 28.6 Å². The molecule has 0 saturated heterocycles. The fraction of sp³-hybridized carbons (Fsp3) is 0.167. The Balaban J connectivity index is 1.67. The van der Waals surface area contributed by atoms with Crippen molar-refractivity contribution >= 4 is 32.7 Å². The molecule has 156 valence electrons. The Hall–Kier alpha value is -2.80. The first kappa shape index (κ1) is 20.1. The number of fused-ring (bicyclic) bond motifs is 2. The maximum absolute atomic E-state index is 13.7. The van der Waals surface area contributed by atoms with Gasteiger partial charge >= 0.3 is 0 Å². The summed E-state index contributed by atoms with van der Waals surface area (Å²) < 4.78 is 28.9. The van der Waals surface area contributed by atoms with Gasteiger partial charge in [-0.2, -0.15) is 4.31 Å². The van der Waals surface area contributed by atoms with Gasteiger partial charge in [0.1, 0.15) is 0 Å². The van der Waals surface area contributed by atoms with Crippen LogP contribution in [0.25, 0.3) is 11.0 Å². The third-order valence-corrected chi connectivity index (χ3v) is 7.87. The molecule has 1 unspecified atom stereocenters. The van der Waals surface area contributed by atoms with Gasteiger partial charge in [-0.3, -0.25) is 0 Å². The zero-order valence-electron chi connectivity index (χ0n) is 16.9. The summed E-state index contributed by atoms with van der Waals surface area (Å²) in [6.45, 7) is 2.07. The normalized spacial score (nSPS) is 16.9. The van der Waals surface area contributed by atoms with Crippen molar-refractivity contribution in [2.75, 3.05) is 0 Å². The first-order valence-electron chi connectivity index (χ1n) is 10.0. The molecule has 0 aliphatic carbocycles. The van der Waals surface area contributed by atoms with Crippen LogP contribution >= 0.6 is 11.6 Å². The van der Waals surface area contributed by atoms with Crippen LogP contribution in [0.5, 0.6) is 0 Å². The lowest BCUT2D eigenvalue weighted by Gasteiger charge is -2.35. The van der Waals surface area contributed by atoms with Crippen LogP contribution in [0.4, 0.5) is 0 Å². The number of aromatic nitrogens is 2. The molecule has 0 radical (unpaired) electrons. The third kappa shape index (κ3) is 3.61. The fourth-order valence-corrected chi connectivity index (χ4v) is 5.84. The molecule has 5 nitrogen and oxygen atoms in total. The van der Waals surface area contributed by atoms with Crippen molar-refractivity contribution < 1.29 is 8.42 Å². The molecular formula is C24H20ClN3O2S. The lowest BCUT2D eigenvalue weighted by atomic mass is 9.97. The fourth-order valence-electron chi connectivity index (χ4n) is 4.01. The van der Waals surface area contributed by atoms with Crippen molar-refractivity contribution in [1.29, 1.82) is 0 Å². The molecule has 0 spiro atoms. The first-order chi connectivity index (χ1) is 14.9. The van der Waals surface area contributed by atoms with Crippen molar-refractivity contribution in [3.05, 3.63) is 100 Å². The average molecular weight is 450 g/mol. The molecule has 5 rings (SSSR count). The van der Waals surface area contributed by atoms with Gasteiger partial charge in [-0.15, -0.1) is 0 Å². The van der Waals surface area contributed by atoms with Crippen LogP contribution in [-0.2, 0) is 23.0 Å². The molecule has 1 aromatic heterocycles. The number of hydrogen-bond acceptors (Lipinski definition) is 4. The maximum Gasteiger partial charge on any atom is 0.244 e. The standard InChI is InChI=1S/C24H20ClN3O2S/c1-16-10-12-17(13-11-16)31(29,30)28-15-23-22(26-20-8-4-5-9-21(20)27-23)14-24(28)18-6-2-3-7-19(18)25/h2-13,24H,14-15H2,1H3. The summed E-state index contributed by atoms with van der Waals surface area (Å²) in [7, 11) is -3.78. The molecule has 0 fully saturated rings. The Morgan fingerprint density at radius 3 is 2.16 bits per heavy atom.